The van der Waals surface area contributed by atoms with E-state index in [1.54, 1.807) is 0 Å². The summed E-state index contributed by atoms with van der Waals surface area (Å²) in [5.41, 5.74) is 1.47. The molecule has 106 valence electrons. The molecule has 1 aromatic carbocycles. The van der Waals surface area contributed by atoms with Gasteiger partial charge in [0.25, 0.3) is 0 Å². The molecule has 0 aliphatic carbocycles. The molecule has 0 unspecified atom stereocenters. The molecule has 1 heterocycles. The summed E-state index contributed by atoms with van der Waals surface area (Å²) in [6.45, 7) is 9.22. The van der Waals surface area contributed by atoms with E-state index in [2.05, 4.69) is 54.6 Å². The highest BCUT2D eigenvalue weighted by Gasteiger charge is 2.23. The number of rotatable bonds is 6. The first-order valence-corrected chi connectivity index (χ1v) is 8.50. The molecule has 0 bridgehead atoms. The van der Waals surface area contributed by atoms with Gasteiger partial charge in [-0.2, -0.15) is 0 Å². The quantitative estimate of drug-likeness (QED) is 0.804. The van der Waals surface area contributed by atoms with Gasteiger partial charge in [-0.1, -0.05) is 32.0 Å². The standard InChI is InChI=1S/C16H26N2S/c1-13(2)11-18(15-8-9-17-10-15)12-14-6-4-5-7-16(14)19-3/h4-7,13,15,17H,8-12H2,1-3H3/t15-/m0/s1. The molecule has 0 spiro atoms. The summed E-state index contributed by atoms with van der Waals surface area (Å²) >= 11 is 1.86. The smallest absolute Gasteiger partial charge is 0.0248 e. The van der Waals surface area contributed by atoms with Crippen molar-refractivity contribution in [1.82, 2.24) is 10.2 Å². The van der Waals surface area contributed by atoms with Crippen molar-refractivity contribution in [2.75, 3.05) is 25.9 Å². The predicted octanol–water partition coefficient (Wildman–Crippen LogP) is 3.23. The molecule has 1 aliphatic rings. The van der Waals surface area contributed by atoms with Gasteiger partial charge in [-0.05, 0) is 36.8 Å². The van der Waals surface area contributed by atoms with Gasteiger partial charge in [0.1, 0.15) is 0 Å². The molecule has 0 radical (unpaired) electrons. The Bertz CT molecular complexity index is 386. The maximum absolute atomic E-state index is 3.49. The van der Waals surface area contributed by atoms with Crippen LogP contribution in [0.1, 0.15) is 25.8 Å². The lowest BCUT2D eigenvalue weighted by Crippen LogP contribution is -2.38. The van der Waals surface area contributed by atoms with Gasteiger partial charge in [-0.15, -0.1) is 11.8 Å². The fourth-order valence-electron chi connectivity index (χ4n) is 2.82. The van der Waals surface area contributed by atoms with Crippen molar-refractivity contribution in [2.45, 2.75) is 37.8 Å². The monoisotopic (exact) mass is 278 g/mol. The molecule has 2 nitrogen and oxygen atoms in total. The summed E-state index contributed by atoms with van der Waals surface area (Å²) in [6, 6.07) is 9.52. The summed E-state index contributed by atoms with van der Waals surface area (Å²) in [7, 11) is 0. The Morgan fingerprint density at radius 3 is 2.79 bits per heavy atom. The van der Waals surface area contributed by atoms with E-state index in [1.165, 1.54) is 30.0 Å². The van der Waals surface area contributed by atoms with Crippen molar-refractivity contribution in [3.63, 3.8) is 0 Å². The van der Waals surface area contributed by atoms with Crippen LogP contribution in [0, 0.1) is 5.92 Å². The molecule has 1 atom stereocenters. The lowest BCUT2D eigenvalue weighted by atomic mass is 10.1. The van der Waals surface area contributed by atoms with Crippen LogP contribution < -0.4 is 5.32 Å². The zero-order valence-corrected chi connectivity index (χ0v) is 13.2. The third-order valence-electron chi connectivity index (χ3n) is 3.72. The lowest BCUT2D eigenvalue weighted by molar-refractivity contribution is 0.176. The van der Waals surface area contributed by atoms with E-state index in [0.29, 0.717) is 6.04 Å². The summed E-state index contributed by atoms with van der Waals surface area (Å²) in [6.07, 6.45) is 3.46. The van der Waals surface area contributed by atoms with Crippen molar-refractivity contribution in [2.24, 2.45) is 5.92 Å². The van der Waals surface area contributed by atoms with Gasteiger partial charge in [-0.25, -0.2) is 0 Å². The highest BCUT2D eigenvalue weighted by Crippen LogP contribution is 2.23. The fraction of sp³-hybridized carbons (Fsp3) is 0.625. The van der Waals surface area contributed by atoms with Gasteiger partial charge in [0.05, 0.1) is 0 Å². The molecule has 2 rings (SSSR count). The second-order valence-corrected chi connectivity index (χ2v) is 6.63. The highest BCUT2D eigenvalue weighted by atomic mass is 32.2. The van der Waals surface area contributed by atoms with Gasteiger partial charge in [-0.3, -0.25) is 4.90 Å². The van der Waals surface area contributed by atoms with Crippen LogP contribution in [0.4, 0.5) is 0 Å². The molecule has 1 aromatic rings. The van der Waals surface area contributed by atoms with Crippen molar-refractivity contribution in [3.8, 4) is 0 Å². The molecule has 1 N–H and O–H groups in total. The highest BCUT2D eigenvalue weighted by molar-refractivity contribution is 7.98. The molecule has 0 saturated carbocycles. The van der Waals surface area contributed by atoms with Crippen LogP contribution in [0.2, 0.25) is 0 Å². The average Bonchev–Trinajstić information content (AvgIpc) is 2.92. The maximum atomic E-state index is 3.49. The van der Waals surface area contributed by atoms with Crippen LogP contribution >= 0.6 is 11.8 Å². The van der Waals surface area contributed by atoms with Gasteiger partial charge in [0.15, 0.2) is 0 Å². The summed E-state index contributed by atoms with van der Waals surface area (Å²) in [5, 5.41) is 3.49. The molecular formula is C16H26N2S. The van der Waals surface area contributed by atoms with E-state index in [0.717, 1.165) is 19.0 Å². The first-order chi connectivity index (χ1) is 9.20. The minimum absolute atomic E-state index is 0.706. The van der Waals surface area contributed by atoms with Crippen LogP contribution in [-0.2, 0) is 6.54 Å². The predicted molar refractivity (Wildman–Crippen MR) is 84.7 cm³/mol. The first kappa shape index (κ1) is 14.9. The SMILES string of the molecule is CSc1ccccc1CN(CC(C)C)[C@H]1CCNC1. The average molecular weight is 278 g/mol. The Morgan fingerprint density at radius 1 is 1.37 bits per heavy atom. The second kappa shape index (κ2) is 7.32. The van der Waals surface area contributed by atoms with Crippen LogP contribution in [0.3, 0.4) is 0 Å². The Balaban J connectivity index is 2.09. The minimum atomic E-state index is 0.706. The third kappa shape index (κ3) is 4.23. The zero-order chi connectivity index (χ0) is 13.7. The van der Waals surface area contributed by atoms with Crippen molar-refractivity contribution >= 4 is 11.8 Å². The van der Waals surface area contributed by atoms with E-state index in [-0.39, 0.29) is 0 Å². The van der Waals surface area contributed by atoms with E-state index in [1.807, 2.05) is 11.8 Å². The Morgan fingerprint density at radius 2 is 2.16 bits per heavy atom. The Hall–Kier alpha value is -0.510. The Kier molecular flexibility index (Phi) is 5.74. The van der Waals surface area contributed by atoms with Crippen molar-refractivity contribution in [1.29, 1.82) is 0 Å². The van der Waals surface area contributed by atoms with Crippen LogP contribution in [0.25, 0.3) is 0 Å². The summed E-state index contributed by atoms with van der Waals surface area (Å²) in [5.74, 6) is 0.724. The van der Waals surface area contributed by atoms with Crippen LogP contribution in [0.15, 0.2) is 29.2 Å². The molecule has 3 heteroatoms. The van der Waals surface area contributed by atoms with E-state index in [4.69, 9.17) is 0 Å². The summed E-state index contributed by atoms with van der Waals surface area (Å²) in [4.78, 5) is 4.09. The third-order valence-corrected chi connectivity index (χ3v) is 4.55. The van der Waals surface area contributed by atoms with Crippen molar-refractivity contribution in [3.05, 3.63) is 29.8 Å². The molecule has 0 amide bonds. The summed E-state index contributed by atoms with van der Waals surface area (Å²) < 4.78 is 0. The van der Waals surface area contributed by atoms with Crippen LogP contribution in [-0.4, -0.2) is 36.8 Å². The van der Waals surface area contributed by atoms with Gasteiger partial charge in [0, 0.05) is 30.6 Å². The molecule has 19 heavy (non-hydrogen) atoms. The molecule has 1 saturated heterocycles. The molecular weight excluding hydrogens is 252 g/mol. The molecule has 0 aromatic heterocycles. The second-order valence-electron chi connectivity index (χ2n) is 5.78. The number of nitrogens with one attached hydrogen (secondary N) is 1. The van der Waals surface area contributed by atoms with Gasteiger partial charge >= 0.3 is 0 Å². The first-order valence-electron chi connectivity index (χ1n) is 7.27. The normalized spacial score (nSPS) is 19.5. The minimum Gasteiger partial charge on any atom is -0.315 e. The van der Waals surface area contributed by atoms with Crippen LogP contribution in [0.5, 0.6) is 0 Å². The number of benzene rings is 1. The van der Waals surface area contributed by atoms with Crippen molar-refractivity contribution < 1.29 is 0 Å². The van der Waals surface area contributed by atoms with Gasteiger partial charge in [0.2, 0.25) is 0 Å². The topological polar surface area (TPSA) is 15.3 Å². The van der Waals surface area contributed by atoms with E-state index in [9.17, 15) is 0 Å². The fourth-order valence-corrected chi connectivity index (χ4v) is 3.42. The molecule has 1 fully saturated rings. The largest absolute Gasteiger partial charge is 0.315 e. The number of hydrogen-bond donors (Lipinski definition) is 1. The number of hydrogen-bond acceptors (Lipinski definition) is 3. The maximum Gasteiger partial charge on any atom is 0.0248 e. The molecule has 1 aliphatic heterocycles. The zero-order valence-electron chi connectivity index (χ0n) is 12.4. The van der Waals surface area contributed by atoms with Gasteiger partial charge < -0.3 is 5.32 Å². The number of thioether (sulfide) groups is 1. The van der Waals surface area contributed by atoms with E-state index >= 15 is 0 Å². The Labute approximate surface area is 122 Å². The number of nitrogens with zero attached hydrogens (tertiary/aromatic N) is 1. The lowest BCUT2D eigenvalue weighted by Gasteiger charge is -2.30. The van der Waals surface area contributed by atoms with E-state index < -0.39 is 0 Å².